The maximum atomic E-state index is 5.85. The summed E-state index contributed by atoms with van der Waals surface area (Å²) in [5.41, 5.74) is 0.640. The molecule has 5 nitrogen and oxygen atoms in total. The molecule has 1 aromatic heterocycles. The lowest BCUT2D eigenvalue weighted by Crippen LogP contribution is -2.16. The van der Waals surface area contributed by atoms with Gasteiger partial charge in [0.05, 0.1) is 27.1 Å². The fourth-order valence-corrected chi connectivity index (χ4v) is 2.81. The monoisotopic (exact) mass is 477 g/mol. The van der Waals surface area contributed by atoms with E-state index in [-0.39, 0.29) is 24.5 Å². The van der Waals surface area contributed by atoms with Crippen molar-refractivity contribution in [3.05, 3.63) is 29.8 Å². The Bertz CT molecular complexity index is 743. The van der Waals surface area contributed by atoms with Crippen molar-refractivity contribution < 1.29 is 9.47 Å². The molecule has 1 aromatic carbocycles. The summed E-state index contributed by atoms with van der Waals surface area (Å²) in [7, 11) is 3.07. The number of ether oxygens (including phenoxy) is 2. The Morgan fingerprint density at radius 1 is 0.769 bits per heavy atom. The van der Waals surface area contributed by atoms with Crippen molar-refractivity contribution >= 4 is 69.6 Å². The minimum atomic E-state index is -1.58. The van der Waals surface area contributed by atoms with Crippen molar-refractivity contribution in [1.82, 2.24) is 15.0 Å². The lowest BCUT2D eigenvalue weighted by atomic mass is 10.2. The first-order chi connectivity index (χ1) is 12.0. The van der Waals surface area contributed by atoms with Gasteiger partial charge in [0, 0.05) is 5.56 Å². The van der Waals surface area contributed by atoms with Gasteiger partial charge in [0.15, 0.2) is 24.9 Å². The molecule has 0 atom stereocenters. The van der Waals surface area contributed by atoms with E-state index in [2.05, 4.69) is 15.0 Å². The van der Waals surface area contributed by atoms with E-state index >= 15 is 0 Å². The highest BCUT2D eigenvalue weighted by Crippen LogP contribution is 2.34. The molecule has 1 heterocycles. The van der Waals surface area contributed by atoms with Crippen molar-refractivity contribution in [3.63, 3.8) is 0 Å². The number of methoxy groups -OCH3 is 2. The van der Waals surface area contributed by atoms with Crippen LogP contribution in [0.15, 0.2) is 18.2 Å². The Kier molecular flexibility index (Phi) is 7.33. The van der Waals surface area contributed by atoms with Crippen LogP contribution in [0.2, 0.25) is 0 Å². The van der Waals surface area contributed by atoms with Crippen LogP contribution in [0.1, 0.15) is 11.6 Å². The van der Waals surface area contributed by atoms with Crippen molar-refractivity contribution in [2.75, 3.05) is 14.2 Å². The number of hydrogen-bond donors (Lipinski definition) is 0. The zero-order chi connectivity index (χ0) is 19.5. The summed E-state index contributed by atoms with van der Waals surface area (Å²) in [6, 6.07) is 5.20. The zero-order valence-electron chi connectivity index (χ0n) is 13.6. The number of hydrogen-bond acceptors (Lipinski definition) is 5. The predicted octanol–water partition coefficient (Wildman–Crippen LogP) is 5.38. The first-order valence-electron chi connectivity index (χ1n) is 7.10. The summed E-state index contributed by atoms with van der Waals surface area (Å²) in [5, 5.41) is 0. The average molecular weight is 480 g/mol. The highest BCUT2D eigenvalue weighted by Gasteiger charge is 2.26. The largest absolute Gasteiger partial charge is 0.493 e. The second-order valence-electron chi connectivity index (χ2n) is 5.15. The van der Waals surface area contributed by atoms with Crippen LogP contribution in [0, 0.1) is 0 Å². The van der Waals surface area contributed by atoms with Gasteiger partial charge in [0.1, 0.15) is 11.6 Å². The van der Waals surface area contributed by atoms with E-state index < -0.39 is 7.59 Å². The molecular weight excluding hydrogens is 467 g/mol. The molecule has 2 aromatic rings. The topological polar surface area (TPSA) is 57.1 Å². The third-order valence-corrected chi connectivity index (χ3v) is 3.89. The lowest BCUT2D eigenvalue weighted by Gasteiger charge is -2.14. The summed E-state index contributed by atoms with van der Waals surface area (Å²) in [6.45, 7) is 0. The van der Waals surface area contributed by atoms with Crippen LogP contribution < -0.4 is 9.47 Å². The molecule has 0 aliphatic rings. The molecule has 0 bridgehead atoms. The Morgan fingerprint density at radius 3 is 1.69 bits per heavy atom. The summed E-state index contributed by atoms with van der Waals surface area (Å²) < 4.78 is 7.37. The van der Waals surface area contributed by atoms with Gasteiger partial charge in [-0.15, -0.1) is 0 Å². The normalized spacial score (nSPS) is 12.2. The van der Waals surface area contributed by atoms with Gasteiger partial charge in [-0.3, -0.25) is 0 Å². The van der Waals surface area contributed by atoms with Crippen LogP contribution in [0.3, 0.4) is 0 Å². The second-order valence-corrected chi connectivity index (χ2v) is 10.2. The molecule has 0 fully saturated rings. The number of rotatable bonds is 5. The molecule has 0 spiro atoms. The highest BCUT2D eigenvalue weighted by atomic mass is 35.6. The molecule has 142 valence electrons. The van der Waals surface area contributed by atoms with Crippen LogP contribution in [-0.4, -0.2) is 36.8 Å². The molecule has 0 aliphatic carbocycles. The summed E-state index contributed by atoms with van der Waals surface area (Å²) in [6.07, 6.45) is -0.0688. The third kappa shape index (κ3) is 6.63. The first-order valence-corrected chi connectivity index (χ1v) is 9.37. The van der Waals surface area contributed by atoms with Crippen LogP contribution in [0.25, 0.3) is 11.4 Å². The molecule has 0 N–H and O–H groups in total. The van der Waals surface area contributed by atoms with E-state index in [0.29, 0.717) is 22.9 Å². The summed E-state index contributed by atoms with van der Waals surface area (Å²) in [5.74, 6) is 1.92. The van der Waals surface area contributed by atoms with Gasteiger partial charge in [-0.1, -0.05) is 69.6 Å². The fourth-order valence-electron chi connectivity index (χ4n) is 2.09. The maximum absolute atomic E-state index is 5.85. The van der Waals surface area contributed by atoms with Crippen LogP contribution in [-0.2, 0) is 12.8 Å². The predicted molar refractivity (Wildman–Crippen MR) is 106 cm³/mol. The third-order valence-electron chi connectivity index (χ3n) is 3.09. The Morgan fingerprint density at radius 2 is 1.27 bits per heavy atom. The average Bonchev–Trinajstić information content (AvgIpc) is 2.50. The number of halogens is 6. The van der Waals surface area contributed by atoms with E-state index in [1.54, 1.807) is 25.3 Å². The summed E-state index contributed by atoms with van der Waals surface area (Å²) >= 11 is 35.1. The number of alkyl halides is 6. The van der Waals surface area contributed by atoms with Gasteiger partial charge in [0.25, 0.3) is 0 Å². The zero-order valence-corrected chi connectivity index (χ0v) is 18.1. The van der Waals surface area contributed by atoms with Gasteiger partial charge in [-0.2, -0.15) is 0 Å². The van der Waals surface area contributed by atoms with Gasteiger partial charge < -0.3 is 9.47 Å². The lowest BCUT2D eigenvalue weighted by molar-refractivity contribution is 0.355. The maximum Gasteiger partial charge on any atom is 0.197 e. The standard InChI is InChI=1S/C15H13Cl6N3O2/c1-25-9-4-3-8(5-10(9)26-2)13-23-11(6-14(16,17)18)22-12(24-13)7-15(19,20)21/h3-5H,6-7H2,1-2H3. The smallest absolute Gasteiger partial charge is 0.197 e. The van der Waals surface area contributed by atoms with E-state index in [9.17, 15) is 0 Å². The van der Waals surface area contributed by atoms with Crippen LogP contribution >= 0.6 is 69.6 Å². The van der Waals surface area contributed by atoms with E-state index in [4.69, 9.17) is 79.1 Å². The molecule has 11 heteroatoms. The van der Waals surface area contributed by atoms with Crippen LogP contribution in [0.5, 0.6) is 11.5 Å². The minimum absolute atomic E-state index is 0.0344. The molecule has 0 aliphatic heterocycles. The quantitative estimate of drug-likeness (QED) is 0.539. The first kappa shape index (κ1) is 21.9. The van der Waals surface area contributed by atoms with Gasteiger partial charge in [-0.25, -0.2) is 15.0 Å². The van der Waals surface area contributed by atoms with Gasteiger partial charge in [-0.05, 0) is 18.2 Å². The van der Waals surface area contributed by atoms with E-state index in [0.717, 1.165) is 0 Å². The van der Waals surface area contributed by atoms with Crippen molar-refractivity contribution in [2.45, 2.75) is 20.4 Å². The number of nitrogens with zero attached hydrogens (tertiary/aromatic N) is 3. The Labute approximate surface area is 180 Å². The van der Waals surface area contributed by atoms with Crippen molar-refractivity contribution in [3.8, 4) is 22.9 Å². The molecule has 0 saturated carbocycles. The summed E-state index contributed by atoms with van der Waals surface area (Å²) in [4.78, 5) is 12.9. The van der Waals surface area contributed by atoms with Crippen molar-refractivity contribution in [2.24, 2.45) is 0 Å². The second kappa shape index (κ2) is 8.72. The van der Waals surface area contributed by atoms with E-state index in [1.807, 2.05) is 0 Å². The Hall–Kier alpha value is -0.430. The molecule has 0 amide bonds. The molecule has 26 heavy (non-hydrogen) atoms. The SMILES string of the molecule is COc1ccc(-c2nc(CC(Cl)(Cl)Cl)nc(CC(Cl)(Cl)Cl)n2)cc1OC. The van der Waals surface area contributed by atoms with Gasteiger partial charge >= 0.3 is 0 Å². The molecular formula is C15H13Cl6N3O2. The van der Waals surface area contributed by atoms with E-state index in [1.165, 1.54) is 7.11 Å². The molecule has 2 rings (SSSR count). The number of benzene rings is 1. The van der Waals surface area contributed by atoms with Crippen molar-refractivity contribution in [1.29, 1.82) is 0 Å². The fraction of sp³-hybridized carbons (Fsp3) is 0.400. The van der Waals surface area contributed by atoms with Crippen LogP contribution in [0.4, 0.5) is 0 Å². The number of aromatic nitrogens is 3. The molecule has 0 radical (unpaired) electrons. The molecule has 0 saturated heterocycles. The van der Waals surface area contributed by atoms with Gasteiger partial charge in [0.2, 0.25) is 0 Å². The minimum Gasteiger partial charge on any atom is -0.493 e. The molecule has 0 unspecified atom stereocenters. The highest BCUT2D eigenvalue weighted by molar-refractivity contribution is 6.68. The Balaban J connectivity index is 2.52.